The van der Waals surface area contributed by atoms with Crippen molar-refractivity contribution in [2.45, 2.75) is 31.8 Å². The van der Waals surface area contributed by atoms with Crippen LogP contribution in [0.25, 0.3) is 0 Å². The number of hydrogen-bond donors (Lipinski definition) is 2. The summed E-state index contributed by atoms with van der Waals surface area (Å²) in [7, 11) is 0. The van der Waals surface area contributed by atoms with E-state index in [9.17, 15) is 5.11 Å². The Labute approximate surface area is 105 Å². The van der Waals surface area contributed by atoms with Crippen LogP contribution in [0.5, 0.6) is 0 Å². The van der Waals surface area contributed by atoms with E-state index in [-0.39, 0.29) is 0 Å². The van der Waals surface area contributed by atoms with E-state index in [0.717, 1.165) is 30.3 Å². The molecule has 16 heavy (non-hydrogen) atoms. The van der Waals surface area contributed by atoms with Crippen LogP contribution in [0, 0.1) is 6.92 Å². The number of halogens is 1. The van der Waals surface area contributed by atoms with E-state index in [1.807, 2.05) is 0 Å². The lowest BCUT2D eigenvalue weighted by Gasteiger charge is -2.32. The van der Waals surface area contributed by atoms with E-state index in [1.165, 1.54) is 11.1 Å². The van der Waals surface area contributed by atoms with Crippen LogP contribution in [0.15, 0.2) is 22.7 Å². The Morgan fingerprint density at radius 2 is 2.31 bits per heavy atom. The van der Waals surface area contributed by atoms with Gasteiger partial charge in [0.2, 0.25) is 0 Å². The van der Waals surface area contributed by atoms with Gasteiger partial charge in [-0.1, -0.05) is 28.1 Å². The number of benzene rings is 1. The molecule has 3 heteroatoms. The summed E-state index contributed by atoms with van der Waals surface area (Å²) in [5, 5.41) is 13.7. The third kappa shape index (κ3) is 2.84. The van der Waals surface area contributed by atoms with Gasteiger partial charge in [-0.05, 0) is 43.5 Å². The average molecular weight is 284 g/mol. The molecule has 1 aliphatic heterocycles. The van der Waals surface area contributed by atoms with E-state index in [4.69, 9.17) is 0 Å². The highest BCUT2D eigenvalue weighted by atomic mass is 79.9. The topological polar surface area (TPSA) is 32.3 Å². The maximum Gasteiger partial charge on any atom is 0.0812 e. The third-order valence-electron chi connectivity index (χ3n) is 3.21. The fourth-order valence-electron chi connectivity index (χ4n) is 2.30. The van der Waals surface area contributed by atoms with Crippen molar-refractivity contribution >= 4 is 15.9 Å². The zero-order chi connectivity index (χ0) is 11.6. The van der Waals surface area contributed by atoms with Gasteiger partial charge in [0.25, 0.3) is 0 Å². The smallest absolute Gasteiger partial charge is 0.0812 e. The van der Waals surface area contributed by atoms with Crippen LogP contribution in [0.4, 0.5) is 0 Å². The molecule has 88 valence electrons. The second-order valence-electron chi connectivity index (χ2n) is 4.76. The summed E-state index contributed by atoms with van der Waals surface area (Å²) in [5.74, 6) is 0. The van der Waals surface area contributed by atoms with Crippen LogP contribution < -0.4 is 5.32 Å². The molecule has 0 radical (unpaired) electrons. The van der Waals surface area contributed by atoms with Crippen LogP contribution in [0.3, 0.4) is 0 Å². The van der Waals surface area contributed by atoms with Crippen molar-refractivity contribution in [1.82, 2.24) is 5.32 Å². The first-order valence-corrected chi connectivity index (χ1v) is 6.56. The van der Waals surface area contributed by atoms with Crippen LogP contribution in [-0.4, -0.2) is 23.8 Å². The molecule has 1 atom stereocenters. The molecular formula is C13H18BrNO. The van der Waals surface area contributed by atoms with Gasteiger partial charge in [-0.3, -0.25) is 0 Å². The minimum Gasteiger partial charge on any atom is -0.388 e. The van der Waals surface area contributed by atoms with E-state index >= 15 is 0 Å². The normalized spacial score (nSPS) is 25.7. The van der Waals surface area contributed by atoms with Crippen molar-refractivity contribution in [3.8, 4) is 0 Å². The Balaban J connectivity index is 2.10. The highest BCUT2D eigenvalue weighted by molar-refractivity contribution is 9.10. The van der Waals surface area contributed by atoms with Gasteiger partial charge in [-0.15, -0.1) is 0 Å². The summed E-state index contributed by atoms with van der Waals surface area (Å²) in [5.41, 5.74) is 1.88. The number of rotatable bonds is 2. The molecule has 0 saturated carbocycles. The molecule has 2 N–H and O–H groups in total. The van der Waals surface area contributed by atoms with Crippen molar-refractivity contribution in [3.63, 3.8) is 0 Å². The van der Waals surface area contributed by atoms with Gasteiger partial charge >= 0.3 is 0 Å². The number of nitrogens with one attached hydrogen (secondary N) is 1. The van der Waals surface area contributed by atoms with Gasteiger partial charge in [0.15, 0.2) is 0 Å². The fraction of sp³-hybridized carbons (Fsp3) is 0.538. The Morgan fingerprint density at radius 1 is 1.50 bits per heavy atom. The predicted octanol–water partition coefficient (Wildman–Crippen LogP) is 2.41. The van der Waals surface area contributed by atoms with Gasteiger partial charge in [0.1, 0.15) is 0 Å². The zero-order valence-electron chi connectivity index (χ0n) is 9.59. The summed E-state index contributed by atoms with van der Waals surface area (Å²) < 4.78 is 1.13. The molecule has 1 aromatic carbocycles. The molecule has 0 spiro atoms. The Morgan fingerprint density at radius 3 is 2.94 bits per heavy atom. The number of piperidine rings is 1. The molecular weight excluding hydrogens is 266 g/mol. The first-order valence-electron chi connectivity index (χ1n) is 5.77. The first-order chi connectivity index (χ1) is 7.59. The highest BCUT2D eigenvalue weighted by Crippen LogP contribution is 2.24. The van der Waals surface area contributed by atoms with E-state index in [2.05, 4.69) is 46.4 Å². The Hall–Kier alpha value is -0.380. The van der Waals surface area contributed by atoms with Crippen LogP contribution in [0.1, 0.15) is 24.0 Å². The zero-order valence-corrected chi connectivity index (χ0v) is 11.2. The summed E-state index contributed by atoms with van der Waals surface area (Å²) in [6, 6.07) is 6.30. The number of aliphatic hydroxyl groups is 1. The summed E-state index contributed by atoms with van der Waals surface area (Å²) in [6.07, 6.45) is 2.70. The van der Waals surface area contributed by atoms with E-state index in [0.29, 0.717) is 6.54 Å². The fourth-order valence-corrected chi connectivity index (χ4v) is 2.55. The highest BCUT2D eigenvalue weighted by Gasteiger charge is 2.29. The van der Waals surface area contributed by atoms with Crippen molar-refractivity contribution in [3.05, 3.63) is 33.8 Å². The van der Waals surface area contributed by atoms with Crippen LogP contribution in [0.2, 0.25) is 0 Å². The molecule has 1 fully saturated rings. The molecule has 1 unspecified atom stereocenters. The van der Waals surface area contributed by atoms with Gasteiger partial charge in [0.05, 0.1) is 5.60 Å². The average Bonchev–Trinajstić information content (AvgIpc) is 2.24. The molecule has 0 aromatic heterocycles. The lowest BCUT2D eigenvalue weighted by atomic mass is 9.87. The minimum absolute atomic E-state index is 0.557. The summed E-state index contributed by atoms with van der Waals surface area (Å²) >= 11 is 3.49. The second-order valence-corrected chi connectivity index (χ2v) is 5.62. The molecule has 1 aliphatic rings. The van der Waals surface area contributed by atoms with Gasteiger partial charge < -0.3 is 10.4 Å². The van der Waals surface area contributed by atoms with Gasteiger partial charge in [-0.25, -0.2) is 0 Å². The molecule has 1 aromatic rings. The Kier molecular flexibility index (Phi) is 3.67. The molecule has 1 heterocycles. The third-order valence-corrected chi connectivity index (χ3v) is 4.10. The largest absolute Gasteiger partial charge is 0.388 e. The molecule has 0 bridgehead atoms. The van der Waals surface area contributed by atoms with Crippen LogP contribution >= 0.6 is 15.9 Å². The number of hydrogen-bond acceptors (Lipinski definition) is 2. The molecule has 0 aliphatic carbocycles. The van der Waals surface area contributed by atoms with Crippen LogP contribution in [-0.2, 0) is 6.42 Å². The maximum atomic E-state index is 10.4. The molecule has 2 rings (SSSR count). The Bertz CT molecular complexity index is 372. The lowest BCUT2D eigenvalue weighted by molar-refractivity contribution is 0.0169. The van der Waals surface area contributed by atoms with E-state index in [1.54, 1.807) is 0 Å². The predicted molar refractivity (Wildman–Crippen MR) is 69.6 cm³/mol. The van der Waals surface area contributed by atoms with Gasteiger partial charge in [0, 0.05) is 17.4 Å². The summed E-state index contributed by atoms with van der Waals surface area (Å²) in [6.45, 7) is 3.82. The van der Waals surface area contributed by atoms with Crippen molar-refractivity contribution in [2.75, 3.05) is 13.1 Å². The molecule has 0 amide bonds. The second kappa shape index (κ2) is 4.86. The SMILES string of the molecule is Cc1cc(CC2(O)CCCNC2)ccc1Br. The van der Waals surface area contributed by atoms with Gasteiger partial charge in [-0.2, -0.15) is 0 Å². The molecule has 2 nitrogen and oxygen atoms in total. The number of β-amino-alcohol motifs (C(OH)–C–C–N with tert-alkyl or cyclic N) is 1. The first kappa shape index (κ1) is 12.1. The van der Waals surface area contributed by atoms with Crippen molar-refractivity contribution in [2.24, 2.45) is 0 Å². The maximum absolute atomic E-state index is 10.4. The van der Waals surface area contributed by atoms with Crippen molar-refractivity contribution < 1.29 is 5.11 Å². The molecule has 1 saturated heterocycles. The lowest BCUT2D eigenvalue weighted by Crippen LogP contribution is -2.47. The quantitative estimate of drug-likeness (QED) is 0.874. The van der Waals surface area contributed by atoms with Crippen molar-refractivity contribution in [1.29, 1.82) is 0 Å². The standard InChI is InChI=1S/C13H18BrNO/c1-10-7-11(3-4-12(10)14)8-13(16)5-2-6-15-9-13/h3-4,7,15-16H,2,5-6,8-9H2,1H3. The monoisotopic (exact) mass is 283 g/mol. The minimum atomic E-state index is -0.557. The summed E-state index contributed by atoms with van der Waals surface area (Å²) in [4.78, 5) is 0. The number of aryl methyl sites for hydroxylation is 1. The van der Waals surface area contributed by atoms with E-state index < -0.39 is 5.60 Å².